The first-order valence-electron chi connectivity index (χ1n) is 10.3. The highest BCUT2D eigenvalue weighted by molar-refractivity contribution is 7.99. The van der Waals surface area contributed by atoms with Gasteiger partial charge < -0.3 is 5.32 Å². The Morgan fingerprint density at radius 2 is 2.00 bits per heavy atom. The third-order valence-electron chi connectivity index (χ3n) is 5.04. The first kappa shape index (κ1) is 24.0. The maximum atomic E-state index is 13.1. The lowest BCUT2D eigenvalue weighted by Gasteiger charge is -2.34. The second-order valence-corrected chi connectivity index (χ2v) is 11.5. The number of halogens is 1. The summed E-state index contributed by atoms with van der Waals surface area (Å²) < 4.78 is 27.8. The van der Waals surface area contributed by atoms with Crippen LogP contribution in [0.3, 0.4) is 0 Å². The molecule has 1 aromatic heterocycles. The topological polar surface area (TPSA) is 92.3 Å². The molecule has 0 spiro atoms. The van der Waals surface area contributed by atoms with E-state index in [1.54, 1.807) is 16.4 Å². The zero-order valence-electron chi connectivity index (χ0n) is 17.8. The third kappa shape index (κ3) is 5.77. The van der Waals surface area contributed by atoms with Gasteiger partial charge in [-0.2, -0.15) is 4.31 Å². The first-order chi connectivity index (χ1) is 14.7. The van der Waals surface area contributed by atoms with Crippen molar-refractivity contribution in [3.63, 3.8) is 0 Å². The minimum atomic E-state index is -3.57. The molecule has 3 rings (SSSR count). The fourth-order valence-corrected chi connectivity index (χ4v) is 6.14. The largest absolute Gasteiger partial charge is 0.321 e. The molecule has 2 heterocycles. The van der Waals surface area contributed by atoms with Crippen LogP contribution in [0.1, 0.15) is 56.9 Å². The van der Waals surface area contributed by atoms with Crippen molar-refractivity contribution in [1.29, 1.82) is 0 Å². The molecule has 0 unspecified atom stereocenters. The highest BCUT2D eigenvalue weighted by Crippen LogP contribution is 2.28. The molecule has 0 bridgehead atoms. The summed E-state index contributed by atoms with van der Waals surface area (Å²) in [5.41, 5.74) is 0.540. The van der Waals surface area contributed by atoms with Crippen LogP contribution in [0.5, 0.6) is 0 Å². The van der Waals surface area contributed by atoms with Crippen LogP contribution >= 0.6 is 23.4 Å². The molecule has 1 N–H and O–H groups in total. The highest BCUT2D eigenvalue weighted by Gasteiger charge is 2.32. The van der Waals surface area contributed by atoms with Crippen LogP contribution in [-0.4, -0.2) is 46.4 Å². The molecular formula is C21H27ClN4O3S2. The van der Waals surface area contributed by atoms with Gasteiger partial charge in [-0.1, -0.05) is 50.6 Å². The number of piperidine rings is 1. The molecule has 1 aliphatic heterocycles. The Kier molecular flexibility index (Phi) is 7.96. The van der Waals surface area contributed by atoms with Gasteiger partial charge >= 0.3 is 0 Å². The molecule has 1 atom stereocenters. The second-order valence-electron chi connectivity index (χ2n) is 7.67. The molecule has 1 aliphatic rings. The van der Waals surface area contributed by atoms with E-state index in [0.29, 0.717) is 17.4 Å². The molecule has 1 amide bonds. The summed E-state index contributed by atoms with van der Waals surface area (Å²) in [6.07, 6.45) is 5.02. The van der Waals surface area contributed by atoms with Crippen molar-refractivity contribution in [3.8, 4) is 0 Å². The van der Waals surface area contributed by atoms with Gasteiger partial charge in [0.1, 0.15) is 0 Å². The van der Waals surface area contributed by atoms with Gasteiger partial charge in [0, 0.05) is 23.5 Å². The number of benzene rings is 1. The number of anilines is 1. The number of carbonyl (C=O) groups is 1. The molecular weight excluding hydrogens is 456 g/mol. The summed E-state index contributed by atoms with van der Waals surface area (Å²) in [5, 5.41) is 3.61. The summed E-state index contributed by atoms with van der Waals surface area (Å²) in [6.45, 7) is 6.57. The van der Waals surface area contributed by atoms with E-state index in [4.69, 9.17) is 11.6 Å². The molecule has 0 saturated carbocycles. The van der Waals surface area contributed by atoms with Crippen molar-refractivity contribution < 1.29 is 13.2 Å². The average Bonchev–Trinajstić information content (AvgIpc) is 2.75. The minimum Gasteiger partial charge on any atom is -0.321 e. The number of hydrogen-bond donors (Lipinski definition) is 1. The van der Waals surface area contributed by atoms with E-state index >= 15 is 0 Å². The quantitative estimate of drug-likeness (QED) is 0.448. The molecule has 0 aliphatic carbocycles. The zero-order valence-corrected chi connectivity index (χ0v) is 20.2. The van der Waals surface area contributed by atoms with Gasteiger partial charge in [0.15, 0.2) is 10.9 Å². The zero-order chi connectivity index (χ0) is 22.6. The van der Waals surface area contributed by atoms with E-state index in [2.05, 4.69) is 15.3 Å². The summed E-state index contributed by atoms with van der Waals surface area (Å²) in [7, 11) is -3.57. The van der Waals surface area contributed by atoms with Crippen molar-refractivity contribution in [2.75, 3.05) is 11.9 Å². The number of carbonyl (C=O) groups excluding carboxylic acids is 1. The van der Waals surface area contributed by atoms with Gasteiger partial charge in [0.05, 0.1) is 16.1 Å². The first-order valence-corrected chi connectivity index (χ1v) is 13.0. The average molecular weight is 483 g/mol. The van der Waals surface area contributed by atoms with Gasteiger partial charge in [0.2, 0.25) is 10.0 Å². The van der Waals surface area contributed by atoms with Crippen LogP contribution in [-0.2, 0) is 10.0 Å². The number of nitrogens with one attached hydrogen (secondary N) is 1. The standard InChI is InChI=1S/C21H27ClN4O3S2/c1-4-16-7-5-6-12-26(16)31(28,29)17-10-8-15(9-11-17)24-20(27)19-18(22)13-23-21(25-19)30-14(2)3/h8-11,13-14,16H,4-7,12H2,1-3H3,(H,24,27)/t16-/m1/s1. The van der Waals surface area contributed by atoms with Gasteiger partial charge in [-0.15, -0.1) is 0 Å². The normalized spacial score (nSPS) is 17.6. The lowest BCUT2D eigenvalue weighted by atomic mass is 10.0. The Labute approximate surface area is 193 Å². The smallest absolute Gasteiger partial charge is 0.275 e. The Bertz CT molecular complexity index is 1030. The maximum Gasteiger partial charge on any atom is 0.275 e. The van der Waals surface area contributed by atoms with E-state index in [1.165, 1.54) is 30.1 Å². The molecule has 2 aromatic rings. The molecule has 168 valence electrons. The van der Waals surface area contributed by atoms with Crippen molar-refractivity contribution in [1.82, 2.24) is 14.3 Å². The monoisotopic (exact) mass is 482 g/mol. The Morgan fingerprint density at radius 3 is 2.65 bits per heavy atom. The van der Waals surface area contributed by atoms with Crippen molar-refractivity contribution in [3.05, 3.63) is 41.2 Å². The number of amides is 1. The minimum absolute atomic E-state index is 0.0379. The van der Waals surface area contributed by atoms with Gasteiger partial charge in [-0.05, 0) is 43.5 Å². The van der Waals surface area contributed by atoms with E-state index < -0.39 is 15.9 Å². The van der Waals surface area contributed by atoms with E-state index in [1.807, 2.05) is 20.8 Å². The summed E-state index contributed by atoms with van der Waals surface area (Å²) in [6, 6.07) is 6.24. The van der Waals surface area contributed by atoms with Crippen LogP contribution < -0.4 is 5.32 Å². The molecule has 0 radical (unpaired) electrons. The molecule has 31 heavy (non-hydrogen) atoms. The fourth-order valence-electron chi connectivity index (χ4n) is 3.51. The van der Waals surface area contributed by atoms with Crippen LogP contribution in [0.4, 0.5) is 5.69 Å². The number of nitrogens with zero attached hydrogens (tertiary/aromatic N) is 3. The number of hydrogen-bond acceptors (Lipinski definition) is 6. The Hall–Kier alpha value is -1.68. The maximum absolute atomic E-state index is 13.1. The summed E-state index contributed by atoms with van der Waals surface area (Å²) in [5.74, 6) is -0.476. The van der Waals surface area contributed by atoms with Crippen LogP contribution in [0.2, 0.25) is 5.02 Å². The van der Waals surface area contributed by atoms with Gasteiger partial charge in [-0.3, -0.25) is 4.79 Å². The van der Waals surface area contributed by atoms with Gasteiger partial charge in [0.25, 0.3) is 5.91 Å². The Balaban J connectivity index is 1.76. The summed E-state index contributed by atoms with van der Waals surface area (Å²) in [4.78, 5) is 21.3. The number of sulfonamides is 1. The molecule has 10 heteroatoms. The number of aromatic nitrogens is 2. The predicted octanol–water partition coefficient (Wildman–Crippen LogP) is 4.84. The summed E-state index contributed by atoms with van der Waals surface area (Å²) >= 11 is 7.55. The molecule has 1 saturated heterocycles. The lowest BCUT2D eigenvalue weighted by molar-refractivity contribution is 0.102. The SMILES string of the molecule is CC[C@@H]1CCCCN1S(=O)(=O)c1ccc(NC(=O)c2nc(SC(C)C)ncc2Cl)cc1. The number of rotatable bonds is 7. The fraction of sp³-hybridized carbons (Fsp3) is 0.476. The second kappa shape index (κ2) is 10.3. The van der Waals surface area contributed by atoms with Gasteiger partial charge in [-0.25, -0.2) is 18.4 Å². The van der Waals surface area contributed by atoms with Crippen molar-refractivity contribution in [2.45, 2.75) is 67.8 Å². The predicted molar refractivity (Wildman–Crippen MR) is 124 cm³/mol. The Morgan fingerprint density at radius 1 is 1.29 bits per heavy atom. The molecule has 7 nitrogen and oxygen atoms in total. The lowest BCUT2D eigenvalue weighted by Crippen LogP contribution is -2.43. The van der Waals surface area contributed by atoms with Crippen LogP contribution in [0.15, 0.2) is 40.5 Å². The molecule has 1 fully saturated rings. The third-order valence-corrected chi connectivity index (χ3v) is 8.16. The van der Waals surface area contributed by atoms with E-state index in [-0.39, 0.29) is 26.9 Å². The van der Waals surface area contributed by atoms with Crippen LogP contribution in [0, 0.1) is 0 Å². The van der Waals surface area contributed by atoms with E-state index in [9.17, 15) is 13.2 Å². The van der Waals surface area contributed by atoms with Crippen LogP contribution in [0.25, 0.3) is 0 Å². The van der Waals surface area contributed by atoms with E-state index in [0.717, 1.165) is 25.7 Å². The van der Waals surface area contributed by atoms with Crippen molar-refractivity contribution in [2.24, 2.45) is 0 Å². The number of thioether (sulfide) groups is 1. The highest BCUT2D eigenvalue weighted by atomic mass is 35.5. The molecule has 1 aromatic carbocycles. The van der Waals surface area contributed by atoms with Crippen molar-refractivity contribution >= 4 is 45.0 Å².